The highest BCUT2D eigenvalue weighted by Gasteiger charge is 2.13. The summed E-state index contributed by atoms with van der Waals surface area (Å²) in [5.74, 6) is -0.0282. The molecule has 1 aromatic carbocycles. The van der Waals surface area contributed by atoms with Crippen LogP contribution in [-0.4, -0.2) is 17.5 Å². The highest BCUT2D eigenvalue weighted by Crippen LogP contribution is 2.31. The van der Waals surface area contributed by atoms with E-state index >= 15 is 0 Å². The number of aromatic nitrogens is 1. The van der Waals surface area contributed by atoms with Gasteiger partial charge in [0.15, 0.2) is 5.13 Å². The highest BCUT2D eigenvalue weighted by atomic mass is 32.1. The lowest BCUT2D eigenvalue weighted by Crippen LogP contribution is -2.13. The van der Waals surface area contributed by atoms with E-state index in [0.29, 0.717) is 17.2 Å². The highest BCUT2D eigenvalue weighted by molar-refractivity contribution is 7.16. The Morgan fingerprint density at radius 3 is 2.68 bits per heavy atom. The summed E-state index contributed by atoms with van der Waals surface area (Å²) in [6.07, 6.45) is 0.311. The van der Waals surface area contributed by atoms with E-state index in [9.17, 15) is 13.6 Å². The van der Waals surface area contributed by atoms with Gasteiger partial charge in [-0.15, -0.1) is 22.7 Å². The van der Waals surface area contributed by atoms with Crippen molar-refractivity contribution in [3.8, 4) is 17.0 Å². The Balaban J connectivity index is 1.70. The number of anilines is 1. The van der Waals surface area contributed by atoms with E-state index in [2.05, 4.69) is 15.0 Å². The van der Waals surface area contributed by atoms with Crippen LogP contribution in [0.1, 0.15) is 9.75 Å². The van der Waals surface area contributed by atoms with Crippen molar-refractivity contribution in [2.24, 2.45) is 0 Å². The third-order valence-corrected chi connectivity index (χ3v) is 5.07. The van der Waals surface area contributed by atoms with Crippen molar-refractivity contribution in [2.45, 2.75) is 20.0 Å². The van der Waals surface area contributed by atoms with E-state index in [1.54, 1.807) is 12.1 Å². The Kier molecular flexibility index (Phi) is 5.40. The molecule has 0 saturated heterocycles. The molecule has 0 saturated carbocycles. The van der Waals surface area contributed by atoms with Gasteiger partial charge in [-0.3, -0.25) is 4.79 Å². The number of thiazole rings is 1. The van der Waals surface area contributed by atoms with E-state index in [1.165, 1.54) is 34.8 Å². The van der Waals surface area contributed by atoms with E-state index in [0.717, 1.165) is 15.3 Å². The molecule has 3 rings (SSSR count). The average Bonchev–Trinajstić information content (AvgIpc) is 3.17. The lowest BCUT2D eigenvalue weighted by molar-refractivity contribution is -0.115. The lowest BCUT2D eigenvalue weighted by Gasteiger charge is -2.05. The van der Waals surface area contributed by atoms with Gasteiger partial charge in [-0.05, 0) is 42.6 Å². The van der Waals surface area contributed by atoms with Gasteiger partial charge < -0.3 is 10.1 Å². The molecule has 0 spiro atoms. The molecule has 0 aliphatic rings. The number of rotatable bonds is 6. The molecule has 2 aromatic heterocycles. The second-order valence-electron chi connectivity index (χ2n) is 5.13. The largest absolute Gasteiger partial charge is 0.435 e. The number of nitrogens with one attached hydrogen (secondary N) is 1. The molecule has 4 nitrogen and oxygen atoms in total. The van der Waals surface area contributed by atoms with Crippen molar-refractivity contribution < 1.29 is 18.3 Å². The summed E-state index contributed by atoms with van der Waals surface area (Å²) in [6.45, 7) is -0.956. The van der Waals surface area contributed by atoms with Crippen LogP contribution in [0.5, 0.6) is 5.75 Å². The van der Waals surface area contributed by atoms with Crippen LogP contribution in [0.25, 0.3) is 11.3 Å². The zero-order chi connectivity index (χ0) is 17.8. The standard InChI is InChI=1S/C17H14F2N2O2S2/c1-10-15(11-4-6-12(7-5-11)23-16(18)19)21-17(25-10)20-14(22)9-13-3-2-8-24-13/h2-8,16H,9H2,1H3,(H,20,21,22). The minimum atomic E-state index is -2.85. The molecule has 0 radical (unpaired) electrons. The van der Waals surface area contributed by atoms with E-state index in [1.807, 2.05) is 24.4 Å². The van der Waals surface area contributed by atoms with Gasteiger partial charge in [-0.2, -0.15) is 8.78 Å². The van der Waals surface area contributed by atoms with Crippen LogP contribution >= 0.6 is 22.7 Å². The number of carbonyl (C=O) groups is 1. The second kappa shape index (κ2) is 7.71. The molecule has 0 aliphatic carbocycles. The average molecular weight is 380 g/mol. The number of thiophene rings is 1. The molecule has 0 bridgehead atoms. The summed E-state index contributed by atoms with van der Waals surface area (Å²) in [7, 11) is 0. The van der Waals surface area contributed by atoms with Crippen molar-refractivity contribution in [2.75, 3.05) is 5.32 Å². The van der Waals surface area contributed by atoms with Crippen LogP contribution in [0.3, 0.4) is 0 Å². The summed E-state index contributed by atoms with van der Waals surface area (Å²) in [4.78, 5) is 18.4. The zero-order valence-corrected chi connectivity index (χ0v) is 14.8. The Morgan fingerprint density at radius 1 is 1.28 bits per heavy atom. The van der Waals surface area contributed by atoms with Crippen molar-refractivity contribution in [1.29, 1.82) is 0 Å². The molecular formula is C17H14F2N2O2S2. The molecule has 1 N–H and O–H groups in total. The third-order valence-electron chi connectivity index (χ3n) is 3.31. The molecule has 130 valence electrons. The fraction of sp³-hybridized carbons (Fsp3) is 0.176. The van der Waals surface area contributed by atoms with Crippen LogP contribution in [0.4, 0.5) is 13.9 Å². The monoisotopic (exact) mass is 380 g/mol. The SMILES string of the molecule is Cc1sc(NC(=O)Cc2cccs2)nc1-c1ccc(OC(F)F)cc1. The molecule has 2 heterocycles. The van der Waals surface area contributed by atoms with Gasteiger partial charge >= 0.3 is 6.61 Å². The maximum Gasteiger partial charge on any atom is 0.387 e. The third kappa shape index (κ3) is 4.61. The topological polar surface area (TPSA) is 51.2 Å². The van der Waals surface area contributed by atoms with Crippen LogP contribution in [0.15, 0.2) is 41.8 Å². The number of aryl methyl sites for hydroxylation is 1. The quantitative estimate of drug-likeness (QED) is 0.657. The summed E-state index contributed by atoms with van der Waals surface area (Å²) < 4.78 is 28.7. The number of amides is 1. The van der Waals surface area contributed by atoms with Gasteiger partial charge in [0.05, 0.1) is 12.1 Å². The molecule has 8 heteroatoms. The first-order valence-electron chi connectivity index (χ1n) is 7.36. The Bertz CT molecular complexity index is 846. The molecule has 0 atom stereocenters. The number of ether oxygens (including phenoxy) is 1. The predicted octanol–water partition coefficient (Wildman–Crippen LogP) is 4.96. The van der Waals surface area contributed by atoms with Gasteiger partial charge in [-0.25, -0.2) is 4.98 Å². The van der Waals surface area contributed by atoms with Crippen LogP contribution in [0.2, 0.25) is 0 Å². The van der Waals surface area contributed by atoms with Crippen LogP contribution < -0.4 is 10.1 Å². The molecule has 1 amide bonds. The fourth-order valence-electron chi connectivity index (χ4n) is 2.25. The minimum Gasteiger partial charge on any atom is -0.435 e. The molecule has 25 heavy (non-hydrogen) atoms. The zero-order valence-electron chi connectivity index (χ0n) is 13.2. The number of halogens is 2. The van der Waals surface area contributed by atoms with Crippen molar-refractivity contribution in [3.63, 3.8) is 0 Å². The summed E-state index contributed by atoms with van der Waals surface area (Å²) in [6, 6.07) is 10.1. The van der Waals surface area contributed by atoms with E-state index in [-0.39, 0.29) is 11.7 Å². The van der Waals surface area contributed by atoms with Gasteiger partial charge in [0, 0.05) is 15.3 Å². The lowest BCUT2D eigenvalue weighted by atomic mass is 10.1. The van der Waals surface area contributed by atoms with Gasteiger partial charge in [-0.1, -0.05) is 6.07 Å². The summed E-state index contributed by atoms with van der Waals surface area (Å²) >= 11 is 2.90. The number of carbonyl (C=O) groups excluding carboxylic acids is 1. The van der Waals surface area contributed by atoms with E-state index < -0.39 is 6.61 Å². The van der Waals surface area contributed by atoms with Gasteiger partial charge in [0.25, 0.3) is 0 Å². The Hall–Kier alpha value is -2.32. The first kappa shape index (κ1) is 17.5. The molecule has 0 fully saturated rings. The van der Waals surface area contributed by atoms with Crippen molar-refractivity contribution >= 4 is 33.7 Å². The Labute approximate surface area is 151 Å². The fourth-order valence-corrected chi connectivity index (χ4v) is 3.80. The minimum absolute atomic E-state index is 0.0936. The maximum atomic E-state index is 12.2. The maximum absolute atomic E-state index is 12.2. The predicted molar refractivity (Wildman–Crippen MR) is 95.6 cm³/mol. The number of hydrogen-bond acceptors (Lipinski definition) is 5. The Morgan fingerprint density at radius 2 is 2.04 bits per heavy atom. The molecule has 0 unspecified atom stereocenters. The van der Waals surface area contributed by atoms with Crippen LogP contribution in [0, 0.1) is 6.92 Å². The first-order valence-corrected chi connectivity index (χ1v) is 9.06. The summed E-state index contributed by atoms with van der Waals surface area (Å²) in [5.41, 5.74) is 1.48. The van der Waals surface area contributed by atoms with Crippen LogP contribution in [-0.2, 0) is 11.2 Å². The van der Waals surface area contributed by atoms with Crippen molar-refractivity contribution in [3.05, 3.63) is 51.5 Å². The smallest absolute Gasteiger partial charge is 0.387 e. The molecular weight excluding hydrogens is 366 g/mol. The first-order chi connectivity index (χ1) is 12.0. The van der Waals surface area contributed by atoms with Gasteiger partial charge in [0.2, 0.25) is 5.91 Å². The summed E-state index contributed by atoms with van der Waals surface area (Å²) in [5, 5.41) is 5.24. The van der Waals surface area contributed by atoms with Crippen molar-refractivity contribution in [1.82, 2.24) is 4.98 Å². The number of nitrogens with zero attached hydrogens (tertiary/aromatic N) is 1. The molecule has 0 aliphatic heterocycles. The normalized spacial score (nSPS) is 10.9. The molecule has 3 aromatic rings. The second-order valence-corrected chi connectivity index (χ2v) is 7.37. The number of alkyl halides is 2. The van der Waals surface area contributed by atoms with Gasteiger partial charge in [0.1, 0.15) is 5.75 Å². The number of hydrogen-bond donors (Lipinski definition) is 1. The number of benzene rings is 1. The van der Waals surface area contributed by atoms with E-state index in [4.69, 9.17) is 0 Å².